The second-order valence-electron chi connectivity index (χ2n) is 3.96. The Bertz CT molecular complexity index is 457. The third-order valence-corrected chi connectivity index (χ3v) is 2.29. The van der Waals surface area contributed by atoms with Crippen molar-refractivity contribution < 1.29 is 4.92 Å². The molecule has 0 radical (unpaired) electrons. The van der Waals surface area contributed by atoms with Crippen molar-refractivity contribution >= 4 is 11.5 Å². The Hall–Kier alpha value is -2.03. The van der Waals surface area contributed by atoms with Gasteiger partial charge >= 0.3 is 5.69 Å². The van der Waals surface area contributed by atoms with Crippen molar-refractivity contribution in [2.24, 2.45) is 0 Å². The number of hydrogen-bond acceptors (Lipinski definition) is 4. The van der Waals surface area contributed by atoms with Crippen LogP contribution in [0.15, 0.2) is 0 Å². The fourth-order valence-electron chi connectivity index (χ4n) is 1.55. The first-order chi connectivity index (χ1) is 7.99. The molecular weight excluding hydrogens is 220 g/mol. The summed E-state index contributed by atoms with van der Waals surface area (Å²) in [5.74, 6) is 2.91. The summed E-state index contributed by atoms with van der Waals surface area (Å²) in [5.41, 5.74) is 0.433. The summed E-state index contributed by atoms with van der Waals surface area (Å²) < 4.78 is 1.62. The number of nitro groups is 1. The summed E-state index contributed by atoms with van der Waals surface area (Å²) in [6.45, 7) is 5.96. The third-order valence-electron chi connectivity index (χ3n) is 2.29. The van der Waals surface area contributed by atoms with E-state index in [0.29, 0.717) is 24.5 Å². The molecule has 1 aromatic heterocycles. The molecule has 1 N–H and O–H groups in total. The van der Waals surface area contributed by atoms with Gasteiger partial charge in [0, 0.05) is 19.0 Å². The first-order valence-corrected chi connectivity index (χ1v) is 5.39. The molecule has 0 unspecified atom stereocenters. The molecule has 1 heterocycles. The second-order valence-corrected chi connectivity index (χ2v) is 3.96. The lowest BCUT2D eigenvalue weighted by Crippen LogP contribution is -2.11. The zero-order valence-corrected chi connectivity index (χ0v) is 10.2. The first-order valence-electron chi connectivity index (χ1n) is 5.39. The summed E-state index contributed by atoms with van der Waals surface area (Å²) in [5, 5.41) is 18.1. The van der Waals surface area contributed by atoms with Crippen LogP contribution in [0.1, 0.15) is 32.0 Å². The molecule has 0 aliphatic carbocycles. The van der Waals surface area contributed by atoms with E-state index < -0.39 is 4.92 Å². The van der Waals surface area contributed by atoms with Crippen LogP contribution < -0.4 is 5.32 Å². The maximum absolute atomic E-state index is 11.0. The normalized spacial score (nSPS) is 10.3. The van der Waals surface area contributed by atoms with Gasteiger partial charge in [0.2, 0.25) is 5.82 Å². The molecule has 6 heteroatoms. The highest BCUT2D eigenvalue weighted by Gasteiger charge is 2.25. The number of terminal acetylenes is 1. The number of nitrogens with one attached hydrogen (secondary N) is 1. The molecule has 0 aliphatic rings. The molecule has 0 spiro atoms. The number of anilines is 1. The molecule has 1 aromatic rings. The smallest absolute Gasteiger partial charge is 0.333 e. The largest absolute Gasteiger partial charge is 0.364 e. The molecule has 6 nitrogen and oxygen atoms in total. The topological polar surface area (TPSA) is 73.0 Å². The van der Waals surface area contributed by atoms with E-state index in [1.54, 1.807) is 11.6 Å². The van der Waals surface area contributed by atoms with Gasteiger partial charge in [-0.05, 0) is 20.8 Å². The molecule has 0 aliphatic heterocycles. The van der Waals surface area contributed by atoms with E-state index in [2.05, 4.69) is 16.3 Å². The molecule has 17 heavy (non-hydrogen) atoms. The molecule has 92 valence electrons. The molecule has 0 aromatic carbocycles. The highest BCUT2D eigenvalue weighted by Crippen LogP contribution is 2.30. The van der Waals surface area contributed by atoms with E-state index in [1.807, 2.05) is 13.8 Å². The van der Waals surface area contributed by atoms with Gasteiger partial charge in [0.15, 0.2) is 0 Å². The minimum atomic E-state index is -0.417. The monoisotopic (exact) mass is 236 g/mol. The summed E-state index contributed by atoms with van der Waals surface area (Å²) in [6.07, 6.45) is 5.66. The van der Waals surface area contributed by atoms with Crippen LogP contribution in [0, 0.1) is 29.4 Å². The van der Waals surface area contributed by atoms with Gasteiger partial charge in [0.05, 0.1) is 4.92 Å². The van der Waals surface area contributed by atoms with E-state index in [1.165, 1.54) is 0 Å². The van der Waals surface area contributed by atoms with Gasteiger partial charge in [-0.15, -0.1) is 12.3 Å². The van der Waals surface area contributed by atoms with Crippen LogP contribution in [-0.4, -0.2) is 21.2 Å². The minimum absolute atomic E-state index is 0.0238. The average Bonchev–Trinajstić information content (AvgIpc) is 2.56. The number of rotatable bonds is 5. The maximum Gasteiger partial charge on any atom is 0.333 e. The molecule has 0 saturated heterocycles. The Morgan fingerprint density at radius 1 is 1.65 bits per heavy atom. The first kappa shape index (κ1) is 13.0. The average molecular weight is 236 g/mol. The Labute approximate surface area is 100 Å². The van der Waals surface area contributed by atoms with Crippen LogP contribution in [-0.2, 0) is 0 Å². The second kappa shape index (κ2) is 5.34. The molecular formula is C11H16N4O2. The Morgan fingerprint density at radius 3 is 2.76 bits per heavy atom. The predicted octanol–water partition coefficient (Wildman–Crippen LogP) is 2.12. The standard InChI is InChI=1S/C11H16N4O2/c1-5-6-7-12-11-10(15(16)17)9(4)13-14(11)8(2)3/h1,8,12H,6-7H2,2-4H3. The molecule has 0 fully saturated rings. The van der Waals surface area contributed by atoms with Crippen LogP contribution in [0.4, 0.5) is 11.5 Å². The lowest BCUT2D eigenvalue weighted by molar-refractivity contribution is -0.384. The zero-order chi connectivity index (χ0) is 13.0. The van der Waals surface area contributed by atoms with Crippen molar-refractivity contribution in [3.63, 3.8) is 0 Å². The summed E-state index contributed by atoms with van der Waals surface area (Å²) in [6, 6.07) is 0.0516. The van der Waals surface area contributed by atoms with E-state index in [4.69, 9.17) is 6.42 Å². The van der Waals surface area contributed by atoms with Gasteiger partial charge in [-0.25, -0.2) is 4.68 Å². The number of aromatic nitrogens is 2. The Balaban J connectivity index is 3.12. The van der Waals surface area contributed by atoms with Crippen molar-refractivity contribution in [2.75, 3.05) is 11.9 Å². The lowest BCUT2D eigenvalue weighted by atomic mass is 10.3. The van der Waals surface area contributed by atoms with Crippen molar-refractivity contribution in [3.05, 3.63) is 15.8 Å². The number of nitrogens with zero attached hydrogens (tertiary/aromatic N) is 3. The number of hydrogen-bond donors (Lipinski definition) is 1. The van der Waals surface area contributed by atoms with Crippen LogP contribution in [0.5, 0.6) is 0 Å². The van der Waals surface area contributed by atoms with Gasteiger partial charge in [-0.2, -0.15) is 5.10 Å². The highest BCUT2D eigenvalue weighted by molar-refractivity contribution is 5.59. The van der Waals surface area contributed by atoms with Crippen LogP contribution >= 0.6 is 0 Å². The zero-order valence-electron chi connectivity index (χ0n) is 10.2. The summed E-state index contributed by atoms with van der Waals surface area (Å²) >= 11 is 0. The maximum atomic E-state index is 11.0. The van der Waals surface area contributed by atoms with Crippen molar-refractivity contribution in [3.8, 4) is 12.3 Å². The van der Waals surface area contributed by atoms with Gasteiger partial charge in [-0.1, -0.05) is 0 Å². The fraction of sp³-hybridized carbons (Fsp3) is 0.545. The molecule has 0 amide bonds. The minimum Gasteiger partial charge on any atom is -0.364 e. The SMILES string of the molecule is C#CCCNc1c([N+](=O)[O-])c(C)nn1C(C)C. The van der Waals surface area contributed by atoms with Crippen molar-refractivity contribution in [1.29, 1.82) is 0 Å². The fourth-order valence-corrected chi connectivity index (χ4v) is 1.55. The van der Waals surface area contributed by atoms with Gasteiger partial charge in [-0.3, -0.25) is 10.1 Å². The quantitative estimate of drug-likeness (QED) is 0.368. The van der Waals surface area contributed by atoms with Crippen molar-refractivity contribution in [1.82, 2.24) is 9.78 Å². The highest BCUT2D eigenvalue weighted by atomic mass is 16.6. The van der Waals surface area contributed by atoms with Crippen molar-refractivity contribution in [2.45, 2.75) is 33.2 Å². The van der Waals surface area contributed by atoms with E-state index in [-0.39, 0.29) is 11.7 Å². The van der Waals surface area contributed by atoms with E-state index in [0.717, 1.165) is 0 Å². The van der Waals surface area contributed by atoms with Gasteiger partial charge < -0.3 is 5.32 Å². The Morgan fingerprint density at radius 2 is 2.29 bits per heavy atom. The van der Waals surface area contributed by atoms with Gasteiger partial charge in [0.1, 0.15) is 5.69 Å². The summed E-state index contributed by atoms with van der Waals surface area (Å²) in [4.78, 5) is 10.6. The molecule has 0 bridgehead atoms. The Kier molecular flexibility index (Phi) is 4.10. The van der Waals surface area contributed by atoms with Crippen LogP contribution in [0.2, 0.25) is 0 Å². The molecule has 1 rings (SSSR count). The third kappa shape index (κ3) is 2.75. The lowest BCUT2D eigenvalue weighted by Gasteiger charge is -2.10. The van der Waals surface area contributed by atoms with E-state index >= 15 is 0 Å². The molecule has 0 saturated carbocycles. The van der Waals surface area contributed by atoms with Crippen LogP contribution in [0.25, 0.3) is 0 Å². The van der Waals surface area contributed by atoms with E-state index in [9.17, 15) is 10.1 Å². The molecule has 0 atom stereocenters. The summed E-state index contributed by atoms with van der Waals surface area (Å²) in [7, 11) is 0. The van der Waals surface area contributed by atoms with Crippen LogP contribution in [0.3, 0.4) is 0 Å². The van der Waals surface area contributed by atoms with Gasteiger partial charge in [0.25, 0.3) is 0 Å². The number of aryl methyl sites for hydroxylation is 1. The predicted molar refractivity (Wildman–Crippen MR) is 65.9 cm³/mol.